The van der Waals surface area contributed by atoms with E-state index in [2.05, 4.69) is 39.3 Å². The van der Waals surface area contributed by atoms with Crippen LogP contribution in [-0.4, -0.2) is 22.0 Å². The summed E-state index contributed by atoms with van der Waals surface area (Å²) in [6.07, 6.45) is 2.68. The second-order valence-corrected chi connectivity index (χ2v) is 4.55. The van der Waals surface area contributed by atoms with Crippen LogP contribution in [0.15, 0.2) is 42.6 Å². The number of para-hydroxylation sites is 1. The maximum absolute atomic E-state index is 4.63. The number of anilines is 1. The van der Waals surface area contributed by atoms with Crippen molar-refractivity contribution in [1.29, 1.82) is 0 Å². The average molecular weight is 264 g/mol. The molecule has 4 heteroatoms. The molecule has 0 spiro atoms. The van der Waals surface area contributed by atoms with Gasteiger partial charge in [-0.25, -0.2) is 9.97 Å². The number of pyridine rings is 1. The van der Waals surface area contributed by atoms with Gasteiger partial charge in [0, 0.05) is 36.0 Å². The Labute approximate surface area is 117 Å². The van der Waals surface area contributed by atoms with E-state index in [0.717, 1.165) is 40.2 Å². The third-order valence-electron chi connectivity index (χ3n) is 3.27. The minimum Gasteiger partial charge on any atom is -0.373 e. The second kappa shape index (κ2) is 5.25. The molecule has 0 fully saturated rings. The van der Waals surface area contributed by atoms with Crippen LogP contribution >= 0.6 is 0 Å². The third kappa shape index (κ3) is 2.20. The normalized spacial score (nSPS) is 10.7. The number of rotatable bonds is 3. The molecule has 4 nitrogen and oxygen atoms in total. The van der Waals surface area contributed by atoms with Crippen LogP contribution < -0.4 is 5.32 Å². The summed E-state index contributed by atoms with van der Waals surface area (Å²) >= 11 is 0. The zero-order valence-electron chi connectivity index (χ0n) is 11.6. The largest absolute Gasteiger partial charge is 0.373 e. The molecular formula is C16H16N4. The summed E-state index contributed by atoms with van der Waals surface area (Å²) in [7, 11) is 1.87. The van der Waals surface area contributed by atoms with Crippen LogP contribution in [0.3, 0.4) is 0 Å². The fraction of sp³-hybridized carbons (Fsp3) is 0.188. The molecule has 0 unspecified atom stereocenters. The summed E-state index contributed by atoms with van der Waals surface area (Å²) in [5.41, 5.74) is 2.92. The first-order valence-electron chi connectivity index (χ1n) is 6.71. The molecule has 0 amide bonds. The molecule has 2 aromatic heterocycles. The SMILES string of the molecule is CCc1cc(NC)nc(-c2cccc3cccnc23)n1. The van der Waals surface area contributed by atoms with E-state index in [4.69, 9.17) is 0 Å². The Bertz CT molecular complexity index is 725. The number of hydrogen-bond donors (Lipinski definition) is 1. The topological polar surface area (TPSA) is 50.7 Å². The molecule has 3 rings (SSSR count). The van der Waals surface area contributed by atoms with Gasteiger partial charge in [-0.05, 0) is 18.6 Å². The summed E-state index contributed by atoms with van der Waals surface area (Å²) in [5, 5.41) is 4.19. The van der Waals surface area contributed by atoms with Crippen molar-refractivity contribution in [2.24, 2.45) is 0 Å². The summed E-state index contributed by atoms with van der Waals surface area (Å²) in [6.45, 7) is 2.09. The van der Waals surface area contributed by atoms with E-state index in [-0.39, 0.29) is 0 Å². The van der Waals surface area contributed by atoms with Gasteiger partial charge in [-0.2, -0.15) is 0 Å². The number of nitrogens with zero attached hydrogens (tertiary/aromatic N) is 3. The van der Waals surface area contributed by atoms with Crippen LogP contribution in [0.2, 0.25) is 0 Å². The standard InChI is InChI=1S/C16H16N4/c1-3-12-10-14(17-2)20-16(19-12)13-8-4-6-11-7-5-9-18-15(11)13/h4-10H,3H2,1-2H3,(H,17,19,20). The smallest absolute Gasteiger partial charge is 0.163 e. The van der Waals surface area contributed by atoms with Crippen LogP contribution in [0.4, 0.5) is 5.82 Å². The molecule has 0 bridgehead atoms. The highest BCUT2D eigenvalue weighted by Crippen LogP contribution is 2.25. The molecule has 1 N–H and O–H groups in total. The van der Waals surface area contributed by atoms with Gasteiger partial charge in [-0.1, -0.05) is 25.1 Å². The van der Waals surface area contributed by atoms with E-state index in [1.165, 1.54) is 0 Å². The Balaban J connectivity index is 2.25. The molecular weight excluding hydrogens is 248 g/mol. The van der Waals surface area contributed by atoms with Gasteiger partial charge in [-0.3, -0.25) is 4.98 Å². The molecule has 3 aromatic rings. The lowest BCUT2D eigenvalue weighted by molar-refractivity contribution is 1.01. The Morgan fingerprint density at radius 2 is 1.95 bits per heavy atom. The van der Waals surface area contributed by atoms with Crippen LogP contribution in [0.25, 0.3) is 22.3 Å². The lowest BCUT2D eigenvalue weighted by Gasteiger charge is -2.08. The van der Waals surface area contributed by atoms with Crippen LogP contribution in [0, 0.1) is 0 Å². The first-order chi connectivity index (χ1) is 9.81. The van der Waals surface area contributed by atoms with Gasteiger partial charge in [0.05, 0.1) is 5.52 Å². The first-order valence-corrected chi connectivity index (χ1v) is 6.71. The number of fused-ring (bicyclic) bond motifs is 1. The molecule has 0 saturated carbocycles. The van der Waals surface area contributed by atoms with Gasteiger partial charge < -0.3 is 5.32 Å². The van der Waals surface area contributed by atoms with Crippen molar-refractivity contribution in [3.05, 3.63) is 48.3 Å². The van der Waals surface area contributed by atoms with E-state index < -0.39 is 0 Å². The Hall–Kier alpha value is -2.49. The summed E-state index contributed by atoms with van der Waals surface area (Å²) in [6, 6.07) is 12.0. The average Bonchev–Trinajstić information content (AvgIpc) is 2.53. The minimum atomic E-state index is 0.720. The van der Waals surface area contributed by atoms with Gasteiger partial charge in [-0.15, -0.1) is 0 Å². The maximum Gasteiger partial charge on any atom is 0.163 e. The number of hydrogen-bond acceptors (Lipinski definition) is 4. The molecule has 0 aliphatic carbocycles. The van der Waals surface area contributed by atoms with Gasteiger partial charge in [0.2, 0.25) is 0 Å². The summed E-state index contributed by atoms with van der Waals surface area (Å²) in [4.78, 5) is 13.7. The molecule has 1 aromatic carbocycles. The fourth-order valence-corrected chi connectivity index (χ4v) is 2.21. The highest BCUT2D eigenvalue weighted by atomic mass is 15.0. The number of benzene rings is 1. The van der Waals surface area contributed by atoms with E-state index >= 15 is 0 Å². The molecule has 0 aliphatic heterocycles. The van der Waals surface area contributed by atoms with Crippen LogP contribution in [-0.2, 0) is 6.42 Å². The summed E-state index contributed by atoms with van der Waals surface area (Å²) < 4.78 is 0. The third-order valence-corrected chi connectivity index (χ3v) is 3.27. The van der Waals surface area contributed by atoms with Crippen molar-refractivity contribution in [3.8, 4) is 11.4 Å². The van der Waals surface area contributed by atoms with E-state index in [1.54, 1.807) is 6.20 Å². The molecule has 0 aliphatic rings. The predicted molar refractivity (Wildman–Crippen MR) is 81.7 cm³/mol. The van der Waals surface area contributed by atoms with Gasteiger partial charge in [0.15, 0.2) is 5.82 Å². The van der Waals surface area contributed by atoms with Gasteiger partial charge in [0.25, 0.3) is 0 Å². The lowest BCUT2D eigenvalue weighted by atomic mass is 10.1. The number of nitrogens with one attached hydrogen (secondary N) is 1. The zero-order valence-corrected chi connectivity index (χ0v) is 11.6. The molecule has 20 heavy (non-hydrogen) atoms. The number of aryl methyl sites for hydroxylation is 1. The minimum absolute atomic E-state index is 0.720. The van der Waals surface area contributed by atoms with E-state index in [1.807, 2.05) is 31.3 Å². The first kappa shape index (κ1) is 12.5. The monoisotopic (exact) mass is 264 g/mol. The van der Waals surface area contributed by atoms with E-state index in [0.29, 0.717) is 0 Å². The summed E-state index contributed by atoms with van der Waals surface area (Å²) in [5.74, 6) is 1.55. The Morgan fingerprint density at radius 3 is 2.75 bits per heavy atom. The fourth-order valence-electron chi connectivity index (χ4n) is 2.21. The molecule has 0 radical (unpaired) electrons. The maximum atomic E-state index is 4.63. The van der Waals surface area contributed by atoms with Crippen LogP contribution in [0.5, 0.6) is 0 Å². The molecule has 0 atom stereocenters. The highest BCUT2D eigenvalue weighted by molar-refractivity contribution is 5.91. The Kier molecular flexibility index (Phi) is 3.29. The second-order valence-electron chi connectivity index (χ2n) is 4.55. The van der Waals surface area contributed by atoms with Crippen molar-refractivity contribution in [1.82, 2.24) is 15.0 Å². The van der Waals surface area contributed by atoms with E-state index in [9.17, 15) is 0 Å². The zero-order chi connectivity index (χ0) is 13.9. The number of aromatic nitrogens is 3. The van der Waals surface area contributed by atoms with Crippen molar-refractivity contribution in [2.45, 2.75) is 13.3 Å². The van der Waals surface area contributed by atoms with Gasteiger partial charge in [0.1, 0.15) is 5.82 Å². The van der Waals surface area contributed by atoms with Crippen molar-refractivity contribution >= 4 is 16.7 Å². The van der Waals surface area contributed by atoms with Gasteiger partial charge >= 0.3 is 0 Å². The van der Waals surface area contributed by atoms with Crippen molar-refractivity contribution in [3.63, 3.8) is 0 Å². The predicted octanol–water partition coefficient (Wildman–Crippen LogP) is 3.30. The van der Waals surface area contributed by atoms with Crippen molar-refractivity contribution in [2.75, 3.05) is 12.4 Å². The van der Waals surface area contributed by atoms with Crippen molar-refractivity contribution < 1.29 is 0 Å². The molecule has 0 saturated heterocycles. The van der Waals surface area contributed by atoms with Crippen LogP contribution in [0.1, 0.15) is 12.6 Å². The quantitative estimate of drug-likeness (QED) is 0.788. The highest BCUT2D eigenvalue weighted by Gasteiger charge is 2.09. The molecule has 100 valence electrons. The molecule has 2 heterocycles. The lowest BCUT2D eigenvalue weighted by Crippen LogP contribution is -2.00. The Morgan fingerprint density at radius 1 is 1.10 bits per heavy atom.